The Morgan fingerprint density at radius 1 is 1.20 bits per heavy atom. The van der Waals surface area contributed by atoms with Gasteiger partial charge in [-0.3, -0.25) is 5.32 Å². The predicted octanol–water partition coefficient (Wildman–Crippen LogP) is 2.53. The molecule has 0 aromatic heterocycles. The summed E-state index contributed by atoms with van der Waals surface area (Å²) in [5.74, 6) is -0.729. The van der Waals surface area contributed by atoms with Crippen LogP contribution in [0.1, 0.15) is 45.7 Å². The van der Waals surface area contributed by atoms with Crippen molar-refractivity contribution in [1.29, 1.82) is 0 Å². The topological polar surface area (TPSA) is 111 Å². The van der Waals surface area contributed by atoms with Crippen molar-refractivity contribution in [3.05, 3.63) is 35.0 Å². The zero-order valence-electron chi connectivity index (χ0n) is 15.5. The summed E-state index contributed by atoms with van der Waals surface area (Å²) in [7, 11) is 1.21. The number of methoxy groups -OCH3 is 1. The fourth-order valence-corrected chi connectivity index (χ4v) is 2.03. The number of carbonyl (C=O) groups is 2. The first-order chi connectivity index (χ1) is 11.3. The van der Waals surface area contributed by atoms with E-state index in [9.17, 15) is 14.7 Å². The van der Waals surface area contributed by atoms with Crippen LogP contribution in [0, 0.1) is 0 Å². The van der Waals surface area contributed by atoms with Gasteiger partial charge in [0.2, 0.25) is 0 Å². The quantitative estimate of drug-likeness (QED) is 0.437. The van der Waals surface area contributed by atoms with Crippen molar-refractivity contribution < 1.29 is 24.2 Å². The van der Waals surface area contributed by atoms with Crippen LogP contribution >= 0.6 is 0 Å². The van der Waals surface area contributed by atoms with Gasteiger partial charge >= 0.3 is 12.1 Å². The number of amides is 1. The van der Waals surface area contributed by atoms with Crippen molar-refractivity contribution in [2.75, 3.05) is 12.8 Å². The molecule has 138 valence electrons. The molecular weight excluding hydrogens is 324 g/mol. The summed E-state index contributed by atoms with van der Waals surface area (Å²) >= 11 is 0. The molecule has 0 bridgehead atoms. The molecule has 1 amide bonds. The Kier molecular flexibility index (Phi) is 6.20. The van der Waals surface area contributed by atoms with E-state index in [1.165, 1.54) is 13.2 Å². The number of rotatable bonds is 4. The van der Waals surface area contributed by atoms with Crippen LogP contribution in [0.5, 0.6) is 0 Å². The molecule has 0 atom stereocenters. The van der Waals surface area contributed by atoms with Gasteiger partial charge in [0.05, 0.1) is 12.7 Å². The highest BCUT2D eigenvalue weighted by Gasteiger charge is 2.22. The number of hydrogen-bond donors (Lipinski definition) is 3. The van der Waals surface area contributed by atoms with E-state index in [-0.39, 0.29) is 5.70 Å². The Morgan fingerprint density at radius 3 is 2.28 bits per heavy atom. The maximum absolute atomic E-state index is 11.9. The lowest BCUT2D eigenvalue weighted by Gasteiger charge is -2.21. The third-order valence-electron chi connectivity index (χ3n) is 3.09. The maximum atomic E-state index is 11.9. The lowest BCUT2D eigenvalue weighted by Crippen LogP contribution is -2.34. The van der Waals surface area contributed by atoms with Crippen LogP contribution in [0.15, 0.2) is 23.9 Å². The van der Waals surface area contributed by atoms with Gasteiger partial charge in [0.1, 0.15) is 11.3 Å². The molecule has 0 aliphatic rings. The summed E-state index contributed by atoms with van der Waals surface area (Å²) in [6, 6.07) is 4.90. The number of carbonyl (C=O) groups excluding carboxylic acids is 2. The van der Waals surface area contributed by atoms with Crippen LogP contribution in [-0.2, 0) is 19.9 Å². The Morgan fingerprint density at radius 2 is 1.80 bits per heavy atom. The van der Waals surface area contributed by atoms with Crippen molar-refractivity contribution in [2.45, 2.75) is 45.8 Å². The van der Waals surface area contributed by atoms with Gasteiger partial charge in [-0.1, -0.05) is 6.07 Å². The second-order valence-electron chi connectivity index (χ2n) is 7.08. The Hall–Kier alpha value is -2.54. The van der Waals surface area contributed by atoms with Gasteiger partial charge in [-0.2, -0.15) is 0 Å². The van der Waals surface area contributed by atoms with Gasteiger partial charge in [-0.05, 0) is 58.4 Å². The molecule has 25 heavy (non-hydrogen) atoms. The highest BCUT2D eigenvalue weighted by molar-refractivity contribution is 5.96. The molecule has 1 aromatic rings. The highest BCUT2D eigenvalue weighted by atomic mass is 16.6. The Bertz CT molecular complexity index is 682. The van der Waals surface area contributed by atoms with Crippen LogP contribution in [0.2, 0.25) is 0 Å². The number of anilines is 1. The summed E-state index contributed by atoms with van der Waals surface area (Å²) in [5, 5.41) is 12.6. The summed E-state index contributed by atoms with van der Waals surface area (Å²) in [4.78, 5) is 23.8. The largest absolute Gasteiger partial charge is 0.464 e. The molecule has 0 fully saturated rings. The van der Waals surface area contributed by atoms with Gasteiger partial charge in [0, 0.05) is 11.3 Å². The molecule has 0 aliphatic heterocycles. The summed E-state index contributed by atoms with van der Waals surface area (Å²) in [6.07, 6.45) is 0.645. The van der Waals surface area contributed by atoms with Gasteiger partial charge < -0.3 is 20.3 Å². The minimum absolute atomic E-state index is 0.0942. The minimum Gasteiger partial charge on any atom is -0.464 e. The number of aliphatic hydroxyl groups is 1. The second-order valence-corrected chi connectivity index (χ2v) is 7.08. The van der Waals surface area contributed by atoms with E-state index in [4.69, 9.17) is 10.5 Å². The van der Waals surface area contributed by atoms with Crippen LogP contribution in [-0.4, -0.2) is 29.9 Å². The normalized spacial score (nSPS) is 12.5. The van der Waals surface area contributed by atoms with E-state index >= 15 is 0 Å². The number of hydrogen-bond acceptors (Lipinski definition) is 6. The zero-order valence-corrected chi connectivity index (χ0v) is 15.5. The second kappa shape index (κ2) is 7.57. The lowest BCUT2D eigenvalue weighted by atomic mass is 9.94. The smallest absolute Gasteiger partial charge is 0.412 e. The molecule has 0 radical (unpaired) electrons. The monoisotopic (exact) mass is 350 g/mol. The van der Waals surface area contributed by atoms with Crippen LogP contribution in [0.3, 0.4) is 0 Å². The molecule has 0 aliphatic carbocycles. The number of alkyl carbamates (subject to hydrolysis) is 1. The fraction of sp³-hybridized carbons (Fsp3) is 0.444. The summed E-state index contributed by atoms with van der Waals surface area (Å²) in [5.41, 5.74) is 5.41. The van der Waals surface area contributed by atoms with Crippen molar-refractivity contribution in [2.24, 2.45) is 0 Å². The van der Waals surface area contributed by atoms with E-state index < -0.39 is 23.3 Å². The maximum Gasteiger partial charge on any atom is 0.412 e. The third kappa shape index (κ3) is 6.46. The zero-order chi connectivity index (χ0) is 19.4. The minimum atomic E-state index is -1.15. The predicted molar refractivity (Wildman–Crippen MR) is 95.5 cm³/mol. The molecule has 0 heterocycles. The summed E-state index contributed by atoms with van der Waals surface area (Å²) in [6.45, 7) is 8.34. The van der Waals surface area contributed by atoms with Crippen molar-refractivity contribution in [3.63, 3.8) is 0 Å². The number of esters is 1. The molecule has 4 N–H and O–H groups in total. The van der Waals surface area contributed by atoms with E-state index in [0.29, 0.717) is 16.8 Å². The van der Waals surface area contributed by atoms with Crippen molar-refractivity contribution in [3.8, 4) is 0 Å². The van der Waals surface area contributed by atoms with Gasteiger partial charge in [0.15, 0.2) is 0 Å². The van der Waals surface area contributed by atoms with Crippen LogP contribution in [0.4, 0.5) is 10.5 Å². The van der Waals surface area contributed by atoms with E-state index in [1.807, 2.05) is 0 Å². The first-order valence-electron chi connectivity index (χ1n) is 7.76. The SMILES string of the molecule is COC(=O)/C(=C\c1ccc(N)c(C(C)(C)O)c1)NC(=O)OC(C)(C)C. The first-order valence-corrected chi connectivity index (χ1v) is 7.76. The van der Waals surface area contributed by atoms with E-state index in [0.717, 1.165) is 0 Å². The van der Waals surface area contributed by atoms with Gasteiger partial charge in [0.25, 0.3) is 0 Å². The fourth-order valence-electron chi connectivity index (χ4n) is 2.03. The molecular formula is C18H26N2O5. The standard InChI is InChI=1S/C18H26N2O5/c1-17(2,3)25-16(22)20-14(15(21)24-6)10-11-7-8-13(19)12(9-11)18(4,5)23/h7-10,23H,19H2,1-6H3,(H,20,22)/b14-10+. The average molecular weight is 350 g/mol. The van der Waals surface area contributed by atoms with Gasteiger partial charge in [-0.25, -0.2) is 9.59 Å². The Labute approximate surface area is 147 Å². The molecule has 1 rings (SSSR count). The van der Waals surface area contributed by atoms with Crippen molar-refractivity contribution in [1.82, 2.24) is 5.32 Å². The van der Waals surface area contributed by atoms with E-state index in [2.05, 4.69) is 10.1 Å². The molecule has 0 spiro atoms. The number of ether oxygens (including phenoxy) is 2. The summed E-state index contributed by atoms with van der Waals surface area (Å²) < 4.78 is 9.82. The van der Waals surface area contributed by atoms with Gasteiger partial charge in [-0.15, -0.1) is 0 Å². The van der Waals surface area contributed by atoms with E-state index in [1.54, 1.807) is 52.8 Å². The third-order valence-corrected chi connectivity index (χ3v) is 3.09. The number of nitrogen functional groups attached to an aromatic ring is 1. The van der Waals surface area contributed by atoms with Crippen molar-refractivity contribution >= 4 is 23.8 Å². The first kappa shape index (κ1) is 20.5. The highest BCUT2D eigenvalue weighted by Crippen LogP contribution is 2.27. The molecule has 0 saturated carbocycles. The lowest BCUT2D eigenvalue weighted by molar-refractivity contribution is -0.136. The number of benzene rings is 1. The molecule has 1 aromatic carbocycles. The molecule has 0 saturated heterocycles. The average Bonchev–Trinajstić information content (AvgIpc) is 2.44. The van der Waals surface area contributed by atoms with Crippen LogP contribution in [0.25, 0.3) is 6.08 Å². The number of nitrogens with one attached hydrogen (secondary N) is 1. The molecule has 7 nitrogen and oxygen atoms in total. The Balaban J connectivity index is 3.20. The van der Waals surface area contributed by atoms with Crippen LogP contribution < -0.4 is 11.1 Å². The molecule has 0 unspecified atom stereocenters. The molecule has 7 heteroatoms. The number of nitrogens with two attached hydrogens (primary N) is 1.